The summed E-state index contributed by atoms with van der Waals surface area (Å²) in [6.07, 6.45) is -3.69. The molecule has 1 heterocycles. The topological polar surface area (TPSA) is 356 Å². The summed E-state index contributed by atoms with van der Waals surface area (Å²) in [6, 6.07) is -10.7. The summed E-state index contributed by atoms with van der Waals surface area (Å²) in [6.45, 7) is 5.32. The van der Waals surface area contributed by atoms with Gasteiger partial charge in [-0.25, -0.2) is 4.79 Å². The molecule has 0 aliphatic carbocycles. The first-order valence-electron chi connectivity index (χ1n) is 16.4. The number of carbonyl (C=O) groups is 9. The van der Waals surface area contributed by atoms with Crippen molar-refractivity contribution in [3.05, 3.63) is 0 Å². The molecule has 1 saturated heterocycles. The number of carboxylic acids is 2. The molecule has 0 aromatic rings. The Hall–Kier alpha value is -4.93. The van der Waals surface area contributed by atoms with E-state index >= 15 is 0 Å². The van der Waals surface area contributed by atoms with E-state index in [4.69, 9.17) is 5.73 Å². The highest BCUT2D eigenvalue weighted by molar-refractivity contribution is 5.98. The number of amides is 7. The molecule has 0 bridgehead atoms. The van der Waals surface area contributed by atoms with E-state index < -0.39 is 133 Å². The number of aliphatic hydroxyl groups excluding tert-OH is 3. The number of nitrogens with one attached hydrogen (secondary N) is 6. The third-order valence-corrected chi connectivity index (χ3v) is 7.95. The van der Waals surface area contributed by atoms with Gasteiger partial charge in [0.25, 0.3) is 0 Å². The molecule has 0 radical (unpaired) electrons. The third-order valence-electron chi connectivity index (χ3n) is 7.95. The quantitative estimate of drug-likeness (QED) is 0.0551. The number of rotatable bonds is 20. The van der Waals surface area contributed by atoms with E-state index in [-0.39, 0.29) is 13.0 Å². The smallest absolute Gasteiger partial charge is 0.328 e. The van der Waals surface area contributed by atoms with Gasteiger partial charge in [-0.3, -0.25) is 38.4 Å². The van der Waals surface area contributed by atoms with Gasteiger partial charge in [0, 0.05) is 6.54 Å². The molecule has 13 N–H and O–H groups in total. The zero-order chi connectivity index (χ0) is 40.0. The SMILES string of the molecule is CC(C)[C@H](NC(=O)CN)C(=O)N[C@H](C(=O)N[C@@H](CO)C(=O)N[C@@H](C)C(=O)N1CCC[C@H]1C(=O)N[C@@H](CC(=O)O)C(=O)N[C@H](C(=O)O)[C@@H](C)O)[C@@H](C)O. The summed E-state index contributed by atoms with van der Waals surface area (Å²) in [5.74, 6) is -10.2. The first-order chi connectivity index (χ1) is 24.2. The van der Waals surface area contributed by atoms with Crippen molar-refractivity contribution < 1.29 is 68.7 Å². The summed E-state index contributed by atoms with van der Waals surface area (Å²) in [5.41, 5.74) is 5.29. The van der Waals surface area contributed by atoms with Crippen molar-refractivity contribution in [1.82, 2.24) is 36.8 Å². The average Bonchev–Trinajstić information content (AvgIpc) is 3.55. The van der Waals surface area contributed by atoms with E-state index in [0.717, 1.165) is 11.8 Å². The molecule has 0 saturated carbocycles. The lowest BCUT2D eigenvalue weighted by Gasteiger charge is -2.30. The van der Waals surface area contributed by atoms with Crippen LogP contribution in [0.4, 0.5) is 0 Å². The second-order valence-corrected chi connectivity index (χ2v) is 12.6. The van der Waals surface area contributed by atoms with Crippen LogP contribution in [0.3, 0.4) is 0 Å². The van der Waals surface area contributed by atoms with E-state index in [9.17, 15) is 68.7 Å². The molecule has 1 aliphatic rings. The summed E-state index contributed by atoms with van der Waals surface area (Å²) >= 11 is 0. The fraction of sp³-hybridized carbons (Fsp3) is 0.700. The number of aliphatic carboxylic acids is 2. The van der Waals surface area contributed by atoms with Crippen molar-refractivity contribution in [3.63, 3.8) is 0 Å². The fourth-order valence-corrected chi connectivity index (χ4v) is 5.09. The fourth-order valence-electron chi connectivity index (χ4n) is 5.09. The molecule has 22 heteroatoms. The molecule has 0 spiro atoms. The molecule has 0 unspecified atom stereocenters. The predicted octanol–water partition coefficient (Wildman–Crippen LogP) is -6.17. The summed E-state index contributed by atoms with van der Waals surface area (Å²) in [7, 11) is 0. The van der Waals surface area contributed by atoms with Gasteiger partial charge in [0.2, 0.25) is 41.4 Å². The number of nitrogens with two attached hydrogens (primary N) is 1. The minimum absolute atomic E-state index is 0.00900. The number of nitrogens with zero attached hydrogens (tertiary/aromatic N) is 1. The monoisotopic (exact) mass is 746 g/mol. The van der Waals surface area contributed by atoms with E-state index in [2.05, 4.69) is 26.6 Å². The van der Waals surface area contributed by atoms with Gasteiger partial charge in [-0.05, 0) is 39.5 Å². The Bertz CT molecular complexity index is 1340. The molecule has 22 nitrogen and oxygen atoms in total. The van der Waals surface area contributed by atoms with Gasteiger partial charge in [0.1, 0.15) is 36.3 Å². The number of hydrogen-bond acceptors (Lipinski definition) is 13. The van der Waals surface area contributed by atoms with Crippen molar-refractivity contribution in [3.8, 4) is 0 Å². The van der Waals surface area contributed by atoms with Gasteiger partial charge in [0.15, 0.2) is 6.04 Å². The molecular formula is C30H50N8O14. The second kappa shape index (κ2) is 20.8. The number of likely N-dealkylation sites (tertiary alicyclic amines) is 1. The van der Waals surface area contributed by atoms with Gasteiger partial charge in [0.05, 0.1) is 31.8 Å². The molecular weight excluding hydrogens is 696 g/mol. The molecule has 1 rings (SSSR count). The van der Waals surface area contributed by atoms with Crippen molar-refractivity contribution in [2.24, 2.45) is 11.7 Å². The second-order valence-electron chi connectivity index (χ2n) is 12.6. The number of hydrogen-bond donors (Lipinski definition) is 12. The Morgan fingerprint density at radius 2 is 1.25 bits per heavy atom. The molecule has 0 aromatic carbocycles. The Morgan fingerprint density at radius 3 is 1.73 bits per heavy atom. The highest BCUT2D eigenvalue weighted by Crippen LogP contribution is 2.19. The van der Waals surface area contributed by atoms with E-state index in [1.54, 1.807) is 13.8 Å². The van der Waals surface area contributed by atoms with Crippen LogP contribution in [-0.4, -0.2) is 158 Å². The molecule has 7 amide bonds. The van der Waals surface area contributed by atoms with Gasteiger partial charge in [-0.15, -0.1) is 0 Å². The summed E-state index contributed by atoms with van der Waals surface area (Å²) < 4.78 is 0. The Morgan fingerprint density at radius 1 is 0.712 bits per heavy atom. The number of aliphatic hydroxyl groups is 3. The van der Waals surface area contributed by atoms with Crippen LogP contribution in [0.5, 0.6) is 0 Å². The standard InChI is InChI=1S/C30H50N8O14/c1-12(2)21(35-19(42)10-31)27(48)36-22(14(4)40)28(49)34-17(11-39)25(46)32-13(3)29(50)38-8-6-7-18(38)26(47)33-16(9-20(43)44)24(45)37-23(15(5)41)30(51)52/h12-18,21-23,39-41H,6-11,31H2,1-5H3,(H,32,46)(H,33,47)(H,34,49)(H,35,42)(H,36,48)(H,37,45)(H,43,44)(H,51,52)/t13-,14+,15+,16-,17-,18-,21-,22-,23-/m0/s1. The lowest BCUT2D eigenvalue weighted by Crippen LogP contribution is -2.62. The van der Waals surface area contributed by atoms with Crippen molar-refractivity contribution >= 4 is 53.3 Å². The zero-order valence-electron chi connectivity index (χ0n) is 29.5. The van der Waals surface area contributed by atoms with Crippen LogP contribution in [0, 0.1) is 5.92 Å². The van der Waals surface area contributed by atoms with Crippen molar-refractivity contribution in [2.45, 2.75) is 108 Å². The number of carbonyl (C=O) groups excluding carboxylic acids is 7. The largest absolute Gasteiger partial charge is 0.481 e. The maximum Gasteiger partial charge on any atom is 0.328 e. The van der Waals surface area contributed by atoms with Crippen LogP contribution in [0.1, 0.15) is 53.9 Å². The van der Waals surface area contributed by atoms with Crippen LogP contribution in [0.2, 0.25) is 0 Å². The average molecular weight is 747 g/mol. The Balaban J connectivity index is 3.01. The summed E-state index contributed by atoms with van der Waals surface area (Å²) in [4.78, 5) is 114. The van der Waals surface area contributed by atoms with Crippen LogP contribution < -0.4 is 37.6 Å². The lowest BCUT2D eigenvalue weighted by molar-refractivity contribution is -0.146. The molecule has 1 aliphatic heterocycles. The molecule has 294 valence electrons. The van der Waals surface area contributed by atoms with Crippen LogP contribution in [-0.2, 0) is 43.2 Å². The van der Waals surface area contributed by atoms with Crippen molar-refractivity contribution in [1.29, 1.82) is 0 Å². The minimum atomic E-state index is -1.81. The maximum absolute atomic E-state index is 13.4. The Kier molecular flexibility index (Phi) is 18.0. The van der Waals surface area contributed by atoms with Gasteiger partial charge >= 0.3 is 11.9 Å². The van der Waals surface area contributed by atoms with Crippen LogP contribution >= 0.6 is 0 Å². The normalized spacial score (nSPS) is 18.7. The zero-order valence-corrected chi connectivity index (χ0v) is 29.5. The number of carboxylic acid groups (broad SMARTS) is 2. The Labute approximate surface area is 298 Å². The molecule has 1 fully saturated rings. The van der Waals surface area contributed by atoms with Crippen molar-refractivity contribution in [2.75, 3.05) is 19.7 Å². The predicted molar refractivity (Wildman–Crippen MR) is 176 cm³/mol. The van der Waals surface area contributed by atoms with Crippen LogP contribution in [0.25, 0.3) is 0 Å². The van der Waals surface area contributed by atoms with E-state index in [0.29, 0.717) is 6.42 Å². The van der Waals surface area contributed by atoms with Crippen LogP contribution in [0.15, 0.2) is 0 Å². The first kappa shape index (κ1) is 45.1. The summed E-state index contributed by atoms with van der Waals surface area (Å²) in [5, 5.41) is 61.5. The third kappa shape index (κ3) is 13.3. The van der Waals surface area contributed by atoms with E-state index in [1.807, 2.05) is 5.32 Å². The first-order valence-corrected chi connectivity index (χ1v) is 16.4. The molecule has 0 aromatic heterocycles. The van der Waals surface area contributed by atoms with Gasteiger partial charge in [-0.1, -0.05) is 13.8 Å². The highest BCUT2D eigenvalue weighted by Gasteiger charge is 2.40. The molecule has 52 heavy (non-hydrogen) atoms. The van der Waals surface area contributed by atoms with E-state index in [1.165, 1.54) is 13.8 Å². The minimum Gasteiger partial charge on any atom is -0.481 e. The lowest BCUT2D eigenvalue weighted by atomic mass is 10.0. The molecule has 9 atom stereocenters. The highest BCUT2D eigenvalue weighted by atomic mass is 16.4. The van der Waals surface area contributed by atoms with Gasteiger partial charge < -0.3 is 68.1 Å². The maximum atomic E-state index is 13.4. The van der Waals surface area contributed by atoms with Gasteiger partial charge in [-0.2, -0.15) is 0 Å².